The zero-order chi connectivity index (χ0) is 21.9. The number of anilines is 1. The Morgan fingerprint density at radius 2 is 1.67 bits per heavy atom. The number of rotatable bonds is 6. The fourth-order valence-electron chi connectivity index (χ4n) is 3.00. The van der Waals surface area contributed by atoms with Gasteiger partial charge < -0.3 is 5.32 Å². The molecule has 0 saturated heterocycles. The molecule has 0 unspecified atom stereocenters. The minimum Gasteiger partial charge on any atom is -0.346 e. The summed E-state index contributed by atoms with van der Waals surface area (Å²) in [6.07, 6.45) is 0. The van der Waals surface area contributed by atoms with Crippen molar-refractivity contribution < 1.29 is 13.2 Å². The number of carbonyl (C=O) groups is 1. The summed E-state index contributed by atoms with van der Waals surface area (Å²) >= 11 is 6.17. The fraction of sp³-hybridized carbons (Fsp3) is 0.174. The Morgan fingerprint density at radius 3 is 2.37 bits per heavy atom. The molecule has 3 aromatic rings. The van der Waals surface area contributed by atoms with Gasteiger partial charge >= 0.3 is 0 Å². The van der Waals surface area contributed by atoms with Crippen LogP contribution in [-0.2, 0) is 10.0 Å². The third-order valence-corrected chi connectivity index (χ3v) is 6.61. The van der Waals surface area contributed by atoms with Crippen LogP contribution in [0.15, 0.2) is 71.6 Å². The average Bonchev–Trinajstić information content (AvgIpc) is 2.71. The summed E-state index contributed by atoms with van der Waals surface area (Å²) in [7, 11) is -3.98. The highest BCUT2D eigenvalue weighted by Crippen LogP contribution is 2.27. The number of benzene rings is 3. The van der Waals surface area contributed by atoms with Gasteiger partial charge in [-0.2, -0.15) is 0 Å². The normalized spacial score (nSPS) is 12.3. The number of amides is 1. The quantitative estimate of drug-likeness (QED) is 0.547. The Bertz CT molecular complexity index is 1180. The lowest BCUT2D eigenvalue weighted by Crippen LogP contribution is -2.27. The summed E-state index contributed by atoms with van der Waals surface area (Å²) in [5.74, 6) is -0.383. The zero-order valence-corrected chi connectivity index (χ0v) is 18.5. The number of aryl methyl sites for hydroxylation is 2. The first-order chi connectivity index (χ1) is 14.2. The van der Waals surface area contributed by atoms with E-state index in [1.807, 2.05) is 63.2 Å². The second kappa shape index (κ2) is 8.90. The summed E-state index contributed by atoms with van der Waals surface area (Å²) in [6.45, 7) is 5.56. The van der Waals surface area contributed by atoms with E-state index in [0.29, 0.717) is 5.69 Å². The third kappa shape index (κ3) is 5.01. The number of sulfonamides is 1. The van der Waals surface area contributed by atoms with E-state index in [4.69, 9.17) is 11.6 Å². The molecule has 1 atom stereocenters. The van der Waals surface area contributed by atoms with Crippen LogP contribution in [0.2, 0.25) is 5.02 Å². The van der Waals surface area contributed by atoms with Crippen LogP contribution in [0, 0.1) is 13.8 Å². The molecule has 0 fully saturated rings. The topological polar surface area (TPSA) is 75.3 Å². The van der Waals surface area contributed by atoms with Gasteiger partial charge in [0.25, 0.3) is 15.9 Å². The first-order valence-corrected chi connectivity index (χ1v) is 11.3. The molecule has 0 saturated carbocycles. The van der Waals surface area contributed by atoms with E-state index in [1.54, 1.807) is 6.07 Å². The molecule has 0 aromatic heterocycles. The van der Waals surface area contributed by atoms with Crippen molar-refractivity contribution in [1.29, 1.82) is 0 Å². The lowest BCUT2D eigenvalue weighted by atomic mass is 10.1. The number of hydrogen-bond acceptors (Lipinski definition) is 3. The van der Waals surface area contributed by atoms with Crippen molar-refractivity contribution in [1.82, 2.24) is 5.32 Å². The zero-order valence-electron chi connectivity index (χ0n) is 16.9. The lowest BCUT2D eigenvalue weighted by Gasteiger charge is -2.16. The van der Waals surface area contributed by atoms with Crippen molar-refractivity contribution in [3.63, 3.8) is 0 Å². The largest absolute Gasteiger partial charge is 0.346 e. The maximum atomic E-state index is 13.0. The van der Waals surface area contributed by atoms with Gasteiger partial charge in [-0.25, -0.2) is 8.42 Å². The first kappa shape index (κ1) is 21.9. The van der Waals surface area contributed by atoms with Gasteiger partial charge in [0.05, 0.1) is 16.8 Å². The van der Waals surface area contributed by atoms with E-state index in [2.05, 4.69) is 10.0 Å². The van der Waals surface area contributed by atoms with Gasteiger partial charge in [-0.15, -0.1) is 0 Å². The Balaban J connectivity index is 1.87. The van der Waals surface area contributed by atoms with Gasteiger partial charge in [0.2, 0.25) is 0 Å². The number of hydrogen-bond donors (Lipinski definition) is 2. The van der Waals surface area contributed by atoms with Crippen molar-refractivity contribution in [2.24, 2.45) is 0 Å². The standard InChI is InChI=1S/C23H23ClN2O3S/c1-15-9-10-16(2)21(13-15)26-30(28,29)22-14-19(11-12-20(22)24)23(27)25-17(3)18-7-5-4-6-8-18/h4-14,17,26H,1-3H3,(H,25,27)/t17-/m1/s1. The highest BCUT2D eigenvalue weighted by atomic mass is 35.5. The Kier molecular flexibility index (Phi) is 6.48. The van der Waals surface area contributed by atoms with Crippen molar-refractivity contribution in [2.45, 2.75) is 31.7 Å². The lowest BCUT2D eigenvalue weighted by molar-refractivity contribution is 0.0939. The summed E-state index contributed by atoms with van der Waals surface area (Å²) in [6, 6.07) is 19.0. The SMILES string of the molecule is Cc1ccc(C)c(NS(=O)(=O)c2cc(C(=O)N[C@H](C)c3ccccc3)ccc2Cl)c1. The predicted molar refractivity (Wildman–Crippen MR) is 120 cm³/mol. The summed E-state index contributed by atoms with van der Waals surface area (Å²) in [4.78, 5) is 12.6. The molecule has 0 bridgehead atoms. The van der Waals surface area contributed by atoms with E-state index in [9.17, 15) is 13.2 Å². The van der Waals surface area contributed by atoms with Crippen molar-refractivity contribution in [3.8, 4) is 0 Å². The molecular formula is C23H23ClN2O3S. The van der Waals surface area contributed by atoms with Crippen LogP contribution in [0.3, 0.4) is 0 Å². The van der Waals surface area contributed by atoms with E-state index in [1.165, 1.54) is 18.2 Å². The first-order valence-electron chi connectivity index (χ1n) is 9.43. The molecule has 0 aliphatic heterocycles. The molecule has 2 N–H and O–H groups in total. The van der Waals surface area contributed by atoms with Gasteiger partial charge in [0.15, 0.2) is 0 Å². The van der Waals surface area contributed by atoms with E-state index < -0.39 is 10.0 Å². The summed E-state index contributed by atoms with van der Waals surface area (Å²) in [5, 5.41) is 2.92. The fourth-order valence-corrected chi connectivity index (χ4v) is 4.65. The Labute approximate surface area is 182 Å². The van der Waals surface area contributed by atoms with Crippen molar-refractivity contribution >= 4 is 33.2 Å². The van der Waals surface area contributed by atoms with Crippen LogP contribution >= 0.6 is 11.6 Å². The minimum atomic E-state index is -3.98. The van der Waals surface area contributed by atoms with Gasteiger partial charge in [-0.05, 0) is 61.7 Å². The second-order valence-electron chi connectivity index (χ2n) is 7.17. The van der Waals surface area contributed by atoms with Crippen LogP contribution in [-0.4, -0.2) is 14.3 Å². The number of carbonyl (C=O) groups excluding carboxylic acids is 1. The smallest absolute Gasteiger partial charge is 0.263 e. The minimum absolute atomic E-state index is 0.0421. The number of halogens is 1. The maximum absolute atomic E-state index is 13.0. The second-order valence-corrected chi connectivity index (χ2v) is 9.23. The Hall–Kier alpha value is -2.83. The highest BCUT2D eigenvalue weighted by molar-refractivity contribution is 7.92. The third-order valence-electron chi connectivity index (χ3n) is 4.77. The molecule has 1 amide bonds. The molecule has 5 nitrogen and oxygen atoms in total. The van der Waals surface area contributed by atoms with Gasteiger partial charge in [0.1, 0.15) is 4.90 Å². The van der Waals surface area contributed by atoms with Crippen molar-refractivity contribution in [2.75, 3.05) is 4.72 Å². The van der Waals surface area contributed by atoms with Crippen molar-refractivity contribution in [3.05, 3.63) is 94.0 Å². The molecule has 0 aliphatic carbocycles. The van der Waals surface area contributed by atoms with Gasteiger partial charge in [0, 0.05) is 5.56 Å². The molecule has 3 rings (SSSR count). The molecule has 0 aliphatic rings. The molecule has 7 heteroatoms. The van der Waals surface area contributed by atoms with E-state index in [0.717, 1.165) is 16.7 Å². The van der Waals surface area contributed by atoms with Crippen LogP contribution in [0.1, 0.15) is 40.0 Å². The van der Waals surface area contributed by atoms with E-state index >= 15 is 0 Å². The van der Waals surface area contributed by atoms with E-state index in [-0.39, 0.29) is 27.4 Å². The molecule has 0 heterocycles. The monoisotopic (exact) mass is 442 g/mol. The predicted octanol–water partition coefficient (Wildman–Crippen LogP) is 5.25. The van der Waals surface area contributed by atoms with Crippen LogP contribution < -0.4 is 10.0 Å². The van der Waals surface area contributed by atoms with Crippen LogP contribution in [0.25, 0.3) is 0 Å². The highest BCUT2D eigenvalue weighted by Gasteiger charge is 2.22. The molecule has 30 heavy (non-hydrogen) atoms. The summed E-state index contributed by atoms with van der Waals surface area (Å²) < 4.78 is 28.5. The maximum Gasteiger partial charge on any atom is 0.263 e. The average molecular weight is 443 g/mol. The molecule has 3 aromatic carbocycles. The molecule has 0 radical (unpaired) electrons. The molecule has 0 spiro atoms. The Morgan fingerprint density at radius 1 is 0.967 bits per heavy atom. The molecular weight excluding hydrogens is 420 g/mol. The van der Waals surface area contributed by atoms with Crippen LogP contribution in [0.5, 0.6) is 0 Å². The number of nitrogens with one attached hydrogen (secondary N) is 2. The van der Waals surface area contributed by atoms with Crippen LogP contribution in [0.4, 0.5) is 5.69 Å². The summed E-state index contributed by atoms with van der Waals surface area (Å²) in [5.41, 5.74) is 3.34. The molecule has 156 valence electrons. The van der Waals surface area contributed by atoms with Gasteiger partial charge in [-0.1, -0.05) is 54.1 Å². The van der Waals surface area contributed by atoms with Gasteiger partial charge in [-0.3, -0.25) is 9.52 Å².